The van der Waals surface area contributed by atoms with E-state index in [9.17, 15) is 24.3 Å². The van der Waals surface area contributed by atoms with E-state index in [-0.39, 0.29) is 19.0 Å². The molecule has 0 aromatic carbocycles. The first-order valence-electron chi connectivity index (χ1n) is 13.3. The van der Waals surface area contributed by atoms with Gasteiger partial charge >= 0.3 is 6.03 Å². The van der Waals surface area contributed by atoms with Gasteiger partial charge in [-0.25, -0.2) is 4.79 Å². The third-order valence-electron chi connectivity index (χ3n) is 6.96. The highest BCUT2D eigenvalue weighted by atomic mass is 31.1. The predicted octanol–water partition coefficient (Wildman–Crippen LogP) is 2.21. The number of nitrogens with zero attached hydrogens (tertiary/aromatic N) is 1. The minimum absolute atomic E-state index is 0.182. The molecule has 1 aliphatic rings. The predicted molar refractivity (Wildman–Crippen MR) is 156 cm³/mol. The number of aliphatic hydroxyl groups excluding tert-OH is 1. The summed E-state index contributed by atoms with van der Waals surface area (Å²) in [5.74, 6) is 2.84. The van der Waals surface area contributed by atoms with Gasteiger partial charge in [0, 0.05) is 26.9 Å². The fourth-order valence-electron chi connectivity index (χ4n) is 4.43. The van der Waals surface area contributed by atoms with Crippen LogP contribution in [0.3, 0.4) is 0 Å². The van der Waals surface area contributed by atoms with Crippen molar-refractivity contribution in [1.82, 2.24) is 25.9 Å². The maximum absolute atomic E-state index is 14.0. The highest BCUT2D eigenvalue weighted by Gasteiger charge is 2.48. The van der Waals surface area contributed by atoms with Gasteiger partial charge < -0.3 is 26.0 Å². The van der Waals surface area contributed by atoms with Crippen molar-refractivity contribution in [1.29, 1.82) is 0 Å². The lowest BCUT2D eigenvalue weighted by Gasteiger charge is -2.36. The molecule has 218 valence electrons. The van der Waals surface area contributed by atoms with E-state index in [2.05, 4.69) is 33.5 Å². The number of nitrogens with one attached hydrogen (secondary N) is 4. The Morgan fingerprint density at radius 2 is 1.85 bits per heavy atom. The van der Waals surface area contributed by atoms with Gasteiger partial charge in [0.1, 0.15) is 12.1 Å². The van der Waals surface area contributed by atoms with Crippen LogP contribution < -0.4 is 21.0 Å². The first-order chi connectivity index (χ1) is 18.1. The molecule has 5 atom stereocenters. The van der Waals surface area contributed by atoms with Gasteiger partial charge in [-0.15, -0.1) is 18.9 Å². The van der Waals surface area contributed by atoms with Crippen molar-refractivity contribution in [3.8, 4) is 12.3 Å². The molecule has 1 fully saturated rings. The maximum Gasteiger partial charge on any atom is 0.322 e. The summed E-state index contributed by atoms with van der Waals surface area (Å²) >= 11 is 0. The second kappa shape index (κ2) is 15.0. The molecule has 1 rings (SSSR count). The number of carbonyl (C=O) groups is 4. The molecule has 1 heterocycles. The van der Waals surface area contributed by atoms with Crippen LogP contribution in [0, 0.1) is 29.1 Å². The number of hydrogen-bond donors (Lipinski definition) is 5. The molecule has 0 radical (unpaired) electrons. The van der Waals surface area contributed by atoms with Crippen LogP contribution in [0.25, 0.3) is 0 Å². The van der Waals surface area contributed by atoms with Gasteiger partial charge in [0.25, 0.3) is 5.91 Å². The Hall–Kier alpha value is -2.89. The Labute approximate surface area is 235 Å². The molecule has 5 N–H and O–H groups in total. The first-order valence-corrected chi connectivity index (χ1v) is 14.3. The van der Waals surface area contributed by atoms with Gasteiger partial charge in [-0.2, -0.15) is 0 Å². The van der Waals surface area contributed by atoms with E-state index >= 15 is 0 Å². The molecular formula is C28H46N5O5P. The lowest BCUT2D eigenvalue weighted by Crippen LogP contribution is -2.60. The summed E-state index contributed by atoms with van der Waals surface area (Å²) in [5.41, 5.74) is -1.26. The minimum Gasteiger partial charge on any atom is -0.381 e. The van der Waals surface area contributed by atoms with Crippen LogP contribution in [0.4, 0.5) is 4.79 Å². The Morgan fingerprint density at radius 1 is 1.21 bits per heavy atom. The zero-order valence-electron chi connectivity index (χ0n) is 24.3. The standard InChI is InChI=1S/C28H46N5O5P/c1-10-14-19(21(34)24(36)29-15-11-2)30-23(35)20-16-18(28(8,9)12-3)17-33(20)25(37)22(27(5,6)7)31-26(38)32-39-13-4/h3,11,13,18-22,34H,2,10,14-17H2,1,4-9H3,(H,29,36)(H,30,35)(H2,31,32,38)/t18-,19?,20+,21?,22-/m1/s1. The Bertz CT molecular complexity index is 968. The van der Waals surface area contributed by atoms with Crippen molar-refractivity contribution in [2.24, 2.45) is 16.7 Å². The topological polar surface area (TPSA) is 140 Å². The summed E-state index contributed by atoms with van der Waals surface area (Å²) in [6, 6.07) is -3.17. The third-order valence-corrected chi connectivity index (χ3v) is 7.55. The zero-order valence-corrected chi connectivity index (χ0v) is 25.2. The monoisotopic (exact) mass is 563 g/mol. The van der Waals surface area contributed by atoms with Gasteiger partial charge in [-0.05, 0) is 50.7 Å². The second-order valence-corrected chi connectivity index (χ2v) is 12.5. The molecule has 0 aromatic rings. The molecule has 0 saturated carbocycles. The van der Waals surface area contributed by atoms with E-state index in [4.69, 9.17) is 6.42 Å². The normalized spacial score (nSPS) is 19.9. The Balaban J connectivity index is 3.34. The Morgan fingerprint density at radius 3 is 2.36 bits per heavy atom. The summed E-state index contributed by atoms with van der Waals surface area (Å²) in [5, 5.41) is 21.4. The lowest BCUT2D eigenvalue weighted by molar-refractivity contribution is -0.143. The van der Waals surface area contributed by atoms with Gasteiger partial charge in [-0.3, -0.25) is 19.5 Å². The van der Waals surface area contributed by atoms with Gasteiger partial charge in [-0.1, -0.05) is 40.2 Å². The van der Waals surface area contributed by atoms with Gasteiger partial charge in [0.15, 0.2) is 6.10 Å². The van der Waals surface area contributed by atoms with Crippen LogP contribution in [0.15, 0.2) is 12.7 Å². The number of amides is 5. The van der Waals surface area contributed by atoms with Crippen molar-refractivity contribution < 1.29 is 24.3 Å². The number of hydrogen-bond acceptors (Lipinski definition) is 5. The van der Waals surface area contributed by atoms with Crippen molar-refractivity contribution in [3.63, 3.8) is 0 Å². The van der Waals surface area contributed by atoms with Crippen LogP contribution in [0.2, 0.25) is 0 Å². The second-order valence-electron chi connectivity index (χ2n) is 11.5. The van der Waals surface area contributed by atoms with Crippen molar-refractivity contribution in [2.75, 3.05) is 13.1 Å². The summed E-state index contributed by atoms with van der Waals surface area (Å²) in [4.78, 5) is 54.0. The molecule has 0 bridgehead atoms. The Kier molecular flexibility index (Phi) is 13.2. The summed E-state index contributed by atoms with van der Waals surface area (Å²) in [6.07, 6.45) is 7.08. The largest absolute Gasteiger partial charge is 0.381 e. The van der Waals surface area contributed by atoms with Crippen molar-refractivity contribution >= 4 is 37.9 Å². The molecule has 10 nitrogen and oxygen atoms in total. The summed E-state index contributed by atoms with van der Waals surface area (Å²) in [7, 11) is 0.588. The third kappa shape index (κ3) is 9.66. The number of aliphatic hydroxyl groups is 1. The van der Waals surface area contributed by atoms with Crippen molar-refractivity contribution in [2.45, 2.75) is 92.0 Å². The molecule has 0 spiro atoms. The van der Waals surface area contributed by atoms with Crippen LogP contribution >= 0.6 is 8.35 Å². The molecule has 2 unspecified atom stereocenters. The van der Waals surface area contributed by atoms with Crippen LogP contribution in [-0.2, 0) is 14.4 Å². The van der Waals surface area contributed by atoms with E-state index in [1.54, 1.807) is 12.7 Å². The number of rotatable bonds is 12. The smallest absolute Gasteiger partial charge is 0.322 e. The minimum atomic E-state index is -1.47. The molecule has 39 heavy (non-hydrogen) atoms. The average molecular weight is 564 g/mol. The molecule has 0 aromatic heterocycles. The fraction of sp³-hybridized carbons (Fsp3) is 0.679. The van der Waals surface area contributed by atoms with Crippen LogP contribution in [0.5, 0.6) is 0 Å². The maximum atomic E-state index is 14.0. The number of likely N-dealkylation sites (tertiary alicyclic amines) is 1. The van der Waals surface area contributed by atoms with Crippen LogP contribution in [-0.4, -0.2) is 76.9 Å². The average Bonchev–Trinajstić information content (AvgIpc) is 3.34. The quantitative estimate of drug-likeness (QED) is 0.141. The highest BCUT2D eigenvalue weighted by Crippen LogP contribution is 2.38. The number of carbonyl (C=O) groups excluding carboxylic acids is 4. The van der Waals surface area contributed by atoms with E-state index < -0.39 is 58.8 Å². The van der Waals surface area contributed by atoms with Gasteiger partial charge in [0.05, 0.1) is 6.04 Å². The van der Waals surface area contributed by atoms with Crippen molar-refractivity contribution in [3.05, 3.63) is 12.7 Å². The van der Waals surface area contributed by atoms with E-state index in [1.165, 1.54) is 11.0 Å². The molecule has 11 heteroatoms. The van der Waals surface area contributed by atoms with Gasteiger partial charge in [0.2, 0.25) is 11.8 Å². The first kappa shape index (κ1) is 34.1. The number of terminal acetylenes is 1. The van der Waals surface area contributed by atoms with E-state index in [0.29, 0.717) is 27.6 Å². The lowest BCUT2D eigenvalue weighted by atomic mass is 9.78. The molecule has 5 amide bonds. The molecular weight excluding hydrogens is 517 g/mol. The summed E-state index contributed by atoms with van der Waals surface area (Å²) in [6.45, 7) is 16.9. The van der Waals surface area contributed by atoms with E-state index in [0.717, 1.165) is 0 Å². The van der Waals surface area contributed by atoms with E-state index in [1.807, 2.05) is 41.5 Å². The van der Waals surface area contributed by atoms with Crippen LogP contribution in [0.1, 0.15) is 67.7 Å². The molecule has 1 saturated heterocycles. The zero-order chi connectivity index (χ0) is 30.0. The number of urea groups is 1. The molecule has 0 aliphatic carbocycles. The highest BCUT2D eigenvalue weighted by molar-refractivity contribution is 7.37. The summed E-state index contributed by atoms with van der Waals surface area (Å²) < 4.78 is 0. The molecule has 1 aliphatic heterocycles. The fourth-order valence-corrected chi connectivity index (χ4v) is 4.74. The SMILES string of the molecule is C#CC(C)(C)[C@@H]1C[C@@H](C(=O)NC(CCC)C(O)C(=O)NCC=C)N(C(=O)[C@@H](NC(=O)NP=CC)C(C)(C)C)C1.